The molecule has 10 aromatic carbocycles. The lowest BCUT2D eigenvalue weighted by atomic mass is 10.0. The van der Waals surface area contributed by atoms with E-state index in [-0.39, 0.29) is 0 Å². The van der Waals surface area contributed by atoms with Gasteiger partial charge in [0, 0.05) is 54.7 Å². The second-order valence-electron chi connectivity index (χ2n) is 19.5. The molecule has 356 valence electrons. The Kier molecular flexibility index (Phi) is 10.2. The van der Waals surface area contributed by atoms with Gasteiger partial charge >= 0.3 is 0 Å². The van der Waals surface area contributed by atoms with E-state index in [9.17, 15) is 0 Å². The third kappa shape index (κ3) is 7.14. The van der Waals surface area contributed by atoms with Crippen LogP contribution in [0.25, 0.3) is 133 Å². The fourth-order valence-electron chi connectivity index (χ4n) is 11.6. The van der Waals surface area contributed by atoms with E-state index in [1.807, 2.05) is 30.4 Å². The monoisotopic (exact) mass is 970 g/mol. The Morgan fingerprint density at radius 3 is 1.30 bits per heavy atom. The van der Waals surface area contributed by atoms with Crippen LogP contribution in [0.1, 0.15) is 12.2 Å². The fraction of sp³-hybridized carbons (Fsp3) is 0.0143. The van der Waals surface area contributed by atoms with Crippen LogP contribution in [0.15, 0.2) is 267 Å². The lowest BCUT2D eigenvalue weighted by Crippen LogP contribution is -2.04. The summed E-state index contributed by atoms with van der Waals surface area (Å²) in [5, 5.41) is 7.31. The number of hydrogen-bond acceptors (Lipinski definition) is 3. The van der Waals surface area contributed by atoms with E-state index in [2.05, 4.69) is 250 Å². The van der Waals surface area contributed by atoms with Crippen molar-refractivity contribution < 1.29 is 0 Å². The van der Waals surface area contributed by atoms with E-state index in [0.717, 1.165) is 73.4 Å². The molecule has 4 heterocycles. The molecule has 0 amide bonds. The van der Waals surface area contributed by atoms with Crippen molar-refractivity contribution in [2.45, 2.75) is 6.42 Å². The summed E-state index contributed by atoms with van der Waals surface area (Å²) in [6.45, 7) is 0. The van der Waals surface area contributed by atoms with Gasteiger partial charge in [0.15, 0.2) is 17.5 Å². The molecular formula is C70H46N6. The number of fused-ring (bicyclic) bond motifs is 9. The van der Waals surface area contributed by atoms with Gasteiger partial charge < -0.3 is 13.7 Å². The lowest BCUT2D eigenvalue weighted by Gasteiger charge is -2.18. The first kappa shape index (κ1) is 43.4. The first-order chi connectivity index (χ1) is 37.7. The van der Waals surface area contributed by atoms with Crippen molar-refractivity contribution in [2.24, 2.45) is 0 Å². The largest absolute Gasteiger partial charge is 0.309 e. The predicted octanol–water partition coefficient (Wildman–Crippen LogP) is 17.7. The Bertz CT molecular complexity index is 4650. The van der Waals surface area contributed by atoms with Gasteiger partial charge in [0.2, 0.25) is 0 Å². The minimum Gasteiger partial charge on any atom is -0.309 e. The summed E-state index contributed by atoms with van der Waals surface area (Å²) in [6.07, 6.45) is 11.1. The highest BCUT2D eigenvalue weighted by Crippen LogP contribution is 2.42. The Hall–Kier alpha value is -10.2. The summed E-state index contributed by atoms with van der Waals surface area (Å²) in [6, 6.07) is 85.5. The topological polar surface area (TPSA) is 53.5 Å². The molecule has 4 aromatic heterocycles. The molecule has 6 nitrogen and oxygen atoms in total. The van der Waals surface area contributed by atoms with Crippen molar-refractivity contribution in [3.8, 4) is 62.1 Å². The SMILES string of the molecule is C1=CC=C(c2nc(-c3ccccc3)nc(-c3ccc(-c4ccc(-n5c6ccccc6c6ccccc65)c(-n5c6ccccc6c6cc(-c7ccc8c(c7)c7ccccc7n8-c7ccccc7)ccc65)c4)cc3)n2)CC=C1. The molecule has 14 aromatic rings. The van der Waals surface area contributed by atoms with E-state index < -0.39 is 0 Å². The lowest BCUT2D eigenvalue weighted by molar-refractivity contribution is 1.02. The molecular weight excluding hydrogens is 925 g/mol. The average Bonchev–Trinajstić information content (AvgIpc) is 4.10. The number of nitrogens with zero attached hydrogens (tertiary/aromatic N) is 6. The van der Waals surface area contributed by atoms with E-state index in [0.29, 0.717) is 17.5 Å². The van der Waals surface area contributed by atoms with Gasteiger partial charge in [-0.15, -0.1) is 0 Å². The molecule has 0 aliphatic heterocycles. The average molecular weight is 971 g/mol. The zero-order valence-corrected chi connectivity index (χ0v) is 41.3. The standard InChI is InChI=1S/C70H46N6/c1-2-6-20-47(19-5-1)68-71-69(48-21-7-3-8-22-48)73-70(72-68)49-35-33-46(34-36-49)52-39-42-66(75-61-30-16-11-25-54(61)55-26-12-17-31-62(55)75)67(45-52)76-63-32-18-14-28-57(63)59-44-51(38-41-65(59)76)50-37-40-64-58(43-50)56-27-13-15-29-60(56)74(64)53-23-9-4-10-24-53/h1-19,21-45H,20H2. The van der Waals surface area contributed by atoms with Gasteiger partial charge in [-0.25, -0.2) is 15.0 Å². The number of rotatable bonds is 8. The minimum atomic E-state index is 0.638. The van der Waals surface area contributed by atoms with Gasteiger partial charge in [-0.2, -0.15) is 0 Å². The molecule has 0 spiro atoms. The first-order valence-electron chi connectivity index (χ1n) is 25.9. The third-order valence-corrected chi connectivity index (χ3v) is 15.2. The Labute approximate surface area is 438 Å². The van der Waals surface area contributed by atoms with Crippen molar-refractivity contribution in [3.05, 3.63) is 273 Å². The van der Waals surface area contributed by atoms with Crippen LogP contribution in [0.4, 0.5) is 0 Å². The van der Waals surface area contributed by atoms with Crippen molar-refractivity contribution in [1.82, 2.24) is 28.7 Å². The highest BCUT2D eigenvalue weighted by molar-refractivity contribution is 6.14. The molecule has 0 N–H and O–H groups in total. The second kappa shape index (κ2) is 17.8. The Balaban J connectivity index is 0.900. The zero-order chi connectivity index (χ0) is 50.1. The molecule has 0 fully saturated rings. The van der Waals surface area contributed by atoms with E-state index in [4.69, 9.17) is 15.0 Å². The van der Waals surface area contributed by atoms with E-state index in [1.54, 1.807) is 0 Å². The van der Waals surface area contributed by atoms with Crippen molar-refractivity contribution in [1.29, 1.82) is 0 Å². The van der Waals surface area contributed by atoms with Crippen LogP contribution in [0.3, 0.4) is 0 Å². The molecule has 1 aliphatic carbocycles. The number of para-hydroxylation sites is 5. The molecule has 0 radical (unpaired) electrons. The van der Waals surface area contributed by atoms with Gasteiger partial charge in [-0.3, -0.25) is 0 Å². The van der Waals surface area contributed by atoms with Gasteiger partial charge in [0.25, 0.3) is 0 Å². The summed E-state index contributed by atoms with van der Waals surface area (Å²) in [5.74, 6) is 1.97. The van der Waals surface area contributed by atoms with Crippen LogP contribution in [-0.4, -0.2) is 28.7 Å². The van der Waals surface area contributed by atoms with Crippen LogP contribution in [0, 0.1) is 0 Å². The van der Waals surface area contributed by atoms with Crippen LogP contribution < -0.4 is 0 Å². The zero-order valence-electron chi connectivity index (χ0n) is 41.3. The predicted molar refractivity (Wildman–Crippen MR) is 315 cm³/mol. The summed E-state index contributed by atoms with van der Waals surface area (Å²) in [7, 11) is 0. The first-order valence-corrected chi connectivity index (χ1v) is 25.9. The van der Waals surface area contributed by atoms with Gasteiger partial charge in [-0.05, 0) is 101 Å². The highest BCUT2D eigenvalue weighted by Gasteiger charge is 2.22. The minimum absolute atomic E-state index is 0.638. The summed E-state index contributed by atoms with van der Waals surface area (Å²) in [5.41, 5.74) is 17.8. The maximum atomic E-state index is 5.09. The molecule has 0 bridgehead atoms. The molecule has 76 heavy (non-hydrogen) atoms. The Morgan fingerprint density at radius 1 is 0.276 bits per heavy atom. The van der Waals surface area contributed by atoms with E-state index >= 15 is 0 Å². The van der Waals surface area contributed by atoms with E-state index in [1.165, 1.54) is 54.5 Å². The molecule has 1 aliphatic rings. The molecule has 0 saturated carbocycles. The molecule has 0 atom stereocenters. The normalized spacial score (nSPS) is 12.7. The van der Waals surface area contributed by atoms with Crippen LogP contribution in [0.5, 0.6) is 0 Å². The van der Waals surface area contributed by atoms with Crippen LogP contribution in [-0.2, 0) is 0 Å². The molecule has 6 heteroatoms. The summed E-state index contributed by atoms with van der Waals surface area (Å²) < 4.78 is 7.30. The Morgan fingerprint density at radius 2 is 0.697 bits per heavy atom. The van der Waals surface area contributed by atoms with Crippen molar-refractivity contribution >= 4 is 71.0 Å². The smallest absolute Gasteiger partial charge is 0.164 e. The van der Waals surface area contributed by atoms with Crippen LogP contribution in [0.2, 0.25) is 0 Å². The third-order valence-electron chi connectivity index (χ3n) is 15.2. The summed E-state index contributed by atoms with van der Waals surface area (Å²) >= 11 is 0. The van der Waals surface area contributed by atoms with Crippen molar-refractivity contribution in [3.63, 3.8) is 0 Å². The number of hydrogen-bond donors (Lipinski definition) is 0. The molecule has 0 unspecified atom stereocenters. The number of benzene rings is 10. The van der Waals surface area contributed by atoms with Gasteiger partial charge in [0.1, 0.15) is 0 Å². The number of allylic oxidation sites excluding steroid dienone is 6. The van der Waals surface area contributed by atoms with Gasteiger partial charge in [-0.1, -0.05) is 194 Å². The second-order valence-corrected chi connectivity index (χ2v) is 19.5. The quantitative estimate of drug-likeness (QED) is 0.152. The highest BCUT2D eigenvalue weighted by atomic mass is 15.1. The number of aromatic nitrogens is 6. The summed E-state index contributed by atoms with van der Waals surface area (Å²) in [4.78, 5) is 15.1. The fourth-order valence-corrected chi connectivity index (χ4v) is 11.6. The van der Waals surface area contributed by atoms with Crippen molar-refractivity contribution in [2.75, 3.05) is 0 Å². The molecule has 0 saturated heterocycles. The van der Waals surface area contributed by atoms with Crippen LogP contribution >= 0.6 is 0 Å². The maximum Gasteiger partial charge on any atom is 0.164 e. The molecule has 15 rings (SSSR count). The maximum absolute atomic E-state index is 5.09. The van der Waals surface area contributed by atoms with Gasteiger partial charge in [0.05, 0.1) is 44.5 Å².